The Balaban J connectivity index is 2.03. The standard InChI is InChI=1S/C12H10IN5O/c1-14-12-17-10-9(15-6-16-10)11(18-12)19-8-4-2-7(13)3-5-8/h2-6H,1H3,(H2,14,15,16,17,18). The van der Waals surface area contributed by atoms with Gasteiger partial charge in [0.25, 0.3) is 5.88 Å². The number of nitrogens with zero attached hydrogens (tertiary/aromatic N) is 3. The fraction of sp³-hybridized carbons (Fsp3) is 0.0833. The van der Waals surface area contributed by atoms with Gasteiger partial charge in [-0.3, -0.25) is 0 Å². The molecule has 0 unspecified atom stereocenters. The zero-order valence-corrected chi connectivity index (χ0v) is 12.2. The van der Waals surface area contributed by atoms with Gasteiger partial charge < -0.3 is 15.0 Å². The number of ether oxygens (including phenoxy) is 1. The van der Waals surface area contributed by atoms with Gasteiger partial charge in [0.05, 0.1) is 6.33 Å². The molecule has 19 heavy (non-hydrogen) atoms. The van der Waals surface area contributed by atoms with Crippen LogP contribution in [0, 0.1) is 3.57 Å². The van der Waals surface area contributed by atoms with Crippen molar-refractivity contribution < 1.29 is 4.74 Å². The van der Waals surface area contributed by atoms with Crippen LogP contribution in [0.3, 0.4) is 0 Å². The lowest BCUT2D eigenvalue weighted by atomic mass is 10.3. The van der Waals surface area contributed by atoms with Gasteiger partial charge in [-0.05, 0) is 46.9 Å². The fourth-order valence-corrected chi connectivity index (χ4v) is 1.97. The number of hydrogen-bond donors (Lipinski definition) is 2. The molecule has 2 N–H and O–H groups in total. The summed E-state index contributed by atoms with van der Waals surface area (Å²) in [6, 6.07) is 7.73. The van der Waals surface area contributed by atoms with Crippen molar-refractivity contribution >= 4 is 39.7 Å². The minimum atomic E-state index is 0.452. The average Bonchev–Trinajstić information content (AvgIpc) is 2.89. The molecule has 0 atom stereocenters. The minimum absolute atomic E-state index is 0.452. The summed E-state index contributed by atoms with van der Waals surface area (Å²) in [5.74, 6) is 1.64. The summed E-state index contributed by atoms with van der Waals surface area (Å²) in [6.07, 6.45) is 1.57. The predicted molar refractivity (Wildman–Crippen MR) is 80.5 cm³/mol. The highest BCUT2D eigenvalue weighted by Gasteiger charge is 2.11. The molecule has 0 saturated carbocycles. The Bertz CT molecular complexity index is 710. The first-order valence-corrected chi connectivity index (χ1v) is 6.66. The van der Waals surface area contributed by atoms with Gasteiger partial charge in [-0.2, -0.15) is 9.97 Å². The highest BCUT2D eigenvalue weighted by molar-refractivity contribution is 14.1. The molecule has 0 spiro atoms. The molecule has 7 heteroatoms. The zero-order valence-electron chi connectivity index (χ0n) is 10.0. The van der Waals surface area contributed by atoms with Crippen molar-refractivity contribution in [1.82, 2.24) is 19.9 Å². The largest absolute Gasteiger partial charge is 0.437 e. The monoisotopic (exact) mass is 367 g/mol. The van der Waals surface area contributed by atoms with E-state index in [1.807, 2.05) is 24.3 Å². The summed E-state index contributed by atoms with van der Waals surface area (Å²) in [5, 5.41) is 2.89. The molecule has 0 radical (unpaired) electrons. The van der Waals surface area contributed by atoms with E-state index in [1.165, 1.54) is 0 Å². The number of benzene rings is 1. The number of H-pyrrole nitrogens is 1. The maximum atomic E-state index is 5.78. The lowest BCUT2D eigenvalue weighted by molar-refractivity contribution is 0.468. The Morgan fingerprint density at radius 1 is 1.21 bits per heavy atom. The summed E-state index contributed by atoms with van der Waals surface area (Å²) >= 11 is 2.24. The molecule has 1 aromatic carbocycles. The summed E-state index contributed by atoms with van der Waals surface area (Å²) in [5.41, 5.74) is 1.25. The second kappa shape index (κ2) is 5.00. The average molecular weight is 367 g/mol. The van der Waals surface area contributed by atoms with E-state index in [2.05, 4.69) is 47.8 Å². The van der Waals surface area contributed by atoms with Crippen LogP contribution in [0.2, 0.25) is 0 Å². The topological polar surface area (TPSA) is 75.7 Å². The smallest absolute Gasteiger partial charge is 0.250 e. The molecule has 0 amide bonds. The Kier molecular flexibility index (Phi) is 3.20. The third-order valence-electron chi connectivity index (χ3n) is 2.50. The Labute approximate surface area is 122 Å². The zero-order chi connectivity index (χ0) is 13.2. The van der Waals surface area contributed by atoms with E-state index < -0.39 is 0 Å². The molecule has 0 fully saturated rings. The highest BCUT2D eigenvalue weighted by Crippen LogP contribution is 2.26. The molecule has 96 valence electrons. The summed E-state index contributed by atoms with van der Waals surface area (Å²) in [7, 11) is 1.75. The van der Waals surface area contributed by atoms with E-state index >= 15 is 0 Å². The van der Waals surface area contributed by atoms with E-state index in [0.717, 1.165) is 9.32 Å². The molecule has 2 aromatic heterocycles. The van der Waals surface area contributed by atoms with E-state index in [-0.39, 0.29) is 0 Å². The third-order valence-corrected chi connectivity index (χ3v) is 3.22. The molecule has 2 heterocycles. The van der Waals surface area contributed by atoms with Crippen LogP contribution in [0.15, 0.2) is 30.6 Å². The van der Waals surface area contributed by atoms with Gasteiger partial charge in [-0.25, -0.2) is 4.98 Å². The lowest BCUT2D eigenvalue weighted by Crippen LogP contribution is -1.99. The van der Waals surface area contributed by atoms with E-state index in [1.54, 1.807) is 13.4 Å². The number of imidazole rings is 1. The van der Waals surface area contributed by atoms with Crippen molar-refractivity contribution in [3.05, 3.63) is 34.2 Å². The van der Waals surface area contributed by atoms with Gasteiger partial charge in [0, 0.05) is 10.6 Å². The molecule has 3 aromatic rings. The first-order valence-electron chi connectivity index (χ1n) is 5.58. The second-order valence-electron chi connectivity index (χ2n) is 3.76. The number of fused-ring (bicyclic) bond motifs is 1. The molecular weight excluding hydrogens is 357 g/mol. The molecule has 0 aliphatic carbocycles. The highest BCUT2D eigenvalue weighted by atomic mass is 127. The van der Waals surface area contributed by atoms with Gasteiger partial charge in [-0.1, -0.05) is 0 Å². The summed E-state index contributed by atoms with van der Waals surface area (Å²) in [6.45, 7) is 0. The normalized spacial score (nSPS) is 10.6. The van der Waals surface area contributed by atoms with Crippen LogP contribution in [0.5, 0.6) is 11.6 Å². The quantitative estimate of drug-likeness (QED) is 0.697. The first kappa shape index (κ1) is 12.2. The van der Waals surface area contributed by atoms with Crippen LogP contribution < -0.4 is 10.1 Å². The fourth-order valence-electron chi connectivity index (χ4n) is 1.61. The number of aromatic amines is 1. The Morgan fingerprint density at radius 3 is 2.74 bits per heavy atom. The number of halogens is 1. The van der Waals surface area contributed by atoms with Gasteiger partial charge in [0.2, 0.25) is 5.95 Å². The van der Waals surface area contributed by atoms with Crippen LogP contribution >= 0.6 is 22.6 Å². The van der Waals surface area contributed by atoms with Crippen molar-refractivity contribution in [2.45, 2.75) is 0 Å². The predicted octanol–water partition coefficient (Wildman–Crippen LogP) is 2.79. The van der Waals surface area contributed by atoms with Gasteiger partial charge in [0.15, 0.2) is 5.65 Å². The van der Waals surface area contributed by atoms with Crippen molar-refractivity contribution in [3.63, 3.8) is 0 Å². The van der Waals surface area contributed by atoms with Crippen LogP contribution in [0.1, 0.15) is 0 Å². The van der Waals surface area contributed by atoms with Crippen molar-refractivity contribution in [2.75, 3.05) is 12.4 Å². The minimum Gasteiger partial charge on any atom is -0.437 e. The van der Waals surface area contributed by atoms with Gasteiger partial charge in [-0.15, -0.1) is 0 Å². The molecule has 0 bridgehead atoms. The van der Waals surface area contributed by atoms with Crippen molar-refractivity contribution in [1.29, 1.82) is 0 Å². The number of anilines is 1. The van der Waals surface area contributed by atoms with E-state index in [0.29, 0.717) is 23.0 Å². The maximum absolute atomic E-state index is 5.78. The molecule has 6 nitrogen and oxygen atoms in total. The molecule has 0 aliphatic heterocycles. The number of rotatable bonds is 3. The van der Waals surface area contributed by atoms with Crippen molar-refractivity contribution in [3.8, 4) is 11.6 Å². The number of aromatic nitrogens is 4. The summed E-state index contributed by atoms with van der Waals surface area (Å²) in [4.78, 5) is 15.6. The van der Waals surface area contributed by atoms with E-state index in [4.69, 9.17) is 4.74 Å². The lowest BCUT2D eigenvalue weighted by Gasteiger charge is -2.07. The van der Waals surface area contributed by atoms with Gasteiger partial charge in [0.1, 0.15) is 11.3 Å². The van der Waals surface area contributed by atoms with E-state index in [9.17, 15) is 0 Å². The molecule has 0 saturated heterocycles. The Hall–Kier alpha value is -1.90. The first-order chi connectivity index (χ1) is 9.26. The van der Waals surface area contributed by atoms with Crippen molar-refractivity contribution in [2.24, 2.45) is 0 Å². The maximum Gasteiger partial charge on any atom is 0.250 e. The van der Waals surface area contributed by atoms with Crippen LogP contribution in [0.4, 0.5) is 5.95 Å². The van der Waals surface area contributed by atoms with Crippen LogP contribution in [-0.4, -0.2) is 27.0 Å². The molecule has 3 rings (SSSR count). The molecular formula is C12H10IN5O. The second-order valence-corrected chi connectivity index (χ2v) is 5.01. The SMILES string of the molecule is CNc1nc(Oc2ccc(I)cc2)c2[nH]cnc2n1. The molecule has 0 aliphatic rings. The summed E-state index contributed by atoms with van der Waals surface area (Å²) < 4.78 is 6.93. The van der Waals surface area contributed by atoms with Crippen LogP contribution in [-0.2, 0) is 0 Å². The van der Waals surface area contributed by atoms with Gasteiger partial charge >= 0.3 is 0 Å². The number of nitrogens with one attached hydrogen (secondary N) is 2. The number of hydrogen-bond acceptors (Lipinski definition) is 5. The Morgan fingerprint density at radius 2 is 2.00 bits per heavy atom. The van der Waals surface area contributed by atoms with Crippen LogP contribution in [0.25, 0.3) is 11.2 Å². The third kappa shape index (κ3) is 2.46.